The Balaban J connectivity index is 1.93. The van der Waals surface area contributed by atoms with Gasteiger partial charge in [-0.15, -0.1) is 0 Å². The van der Waals surface area contributed by atoms with E-state index in [0.29, 0.717) is 12.2 Å². The SMILES string of the molecule is CC1(C)CN(c2cc(Cl)c(OC(F)(F)CO)cc2F)[C@@H]2CCCC[C@H]2N1. The van der Waals surface area contributed by atoms with Crippen molar-refractivity contribution in [2.75, 3.05) is 18.1 Å². The average molecular weight is 393 g/mol. The van der Waals surface area contributed by atoms with Gasteiger partial charge < -0.3 is 20.1 Å². The zero-order valence-electron chi connectivity index (χ0n) is 14.9. The fourth-order valence-corrected chi connectivity index (χ4v) is 4.21. The molecule has 1 heterocycles. The number of fused-ring (bicyclic) bond motifs is 1. The maximum absolute atomic E-state index is 14.8. The van der Waals surface area contributed by atoms with Crippen molar-refractivity contribution in [1.29, 1.82) is 0 Å². The highest BCUT2D eigenvalue weighted by molar-refractivity contribution is 6.32. The number of ether oxygens (including phenoxy) is 1. The number of benzene rings is 1. The largest absolute Gasteiger partial charge is 0.429 e. The van der Waals surface area contributed by atoms with Gasteiger partial charge in [0.1, 0.15) is 18.2 Å². The van der Waals surface area contributed by atoms with Crippen LogP contribution in [0.25, 0.3) is 0 Å². The topological polar surface area (TPSA) is 44.7 Å². The molecule has 1 aromatic rings. The summed E-state index contributed by atoms with van der Waals surface area (Å²) >= 11 is 6.08. The third-order valence-corrected chi connectivity index (χ3v) is 5.32. The molecule has 2 fully saturated rings. The molecule has 1 aliphatic heterocycles. The summed E-state index contributed by atoms with van der Waals surface area (Å²) in [7, 11) is 0. The van der Waals surface area contributed by atoms with E-state index in [4.69, 9.17) is 16.7 Å². The molecule has 0 unspecified atom stereocenters. The van der Waals surface area contributed by atoms with Crippen LogP contribution in [0.1, 0.15) is 39.5 Å². The normalized spacial score (nSPS) is 25.7. The van der Waals surface area contributed by atoms with Crippen molar-refractivity contribution in [2.45, 2.75) is 63.3 Å². The monoisotopic (exact) mass is 392 g/mol. The van der Waals surface area contributed by atoms with Gasteiger partial charge in [0.2, 0.25) is 0 Å². The molecule has 0 bridgehead atoms. The molecule has 0 aromatic heterocycles. The summed E-state index contributed by atoms with van der Waals surface area (Å²) in [5.41, 5.74) is 0.0809. The van der Waals surface area contributed by atoms with Gasteiger partial charge in [0.25, 0.3) is 0 Å². The maximum atomic E-state index is 14.8. The zero-order valence-corrected chi connectivity index (χ0v) is 15.6. The predicted octanol–water partition coefficient (Wildman–Crippen LogP) is 3.94. The van der Waals surface area contributed by atoms with Crippen LogP contribution in [-0.2, 0) is 0 Å². The van der Waals surface area contributed by atoms with Crippen molar-refractivity contribution in [3.05, 3.63) is 23.0 Å². The van der Waals surface area contributed by atoms with Crippen LogP contribution in [0.4, 0.5) is 18.9 Å². The second kappa shape index (κ2) is 7.09. The quantitative estimate of drug-likeness (QED) is 0.814. The molecule has 8 heteroatoms. The van der Waals surface area contributed by atoms with Gasteiger partial charge in [-0.1, -0.05) is 24.4 Å². The molecule has 2 N–H and O–H groups in total. The summed E-state index contributed by atoms with van der Waals surface area (Å²) in [5.74, 6) is -1.15. The third kappa shape index (κ3) is 4.05. The van der Waals surface area contributed by atoms with E-state index >= 15 is 0 Å². The highest BCUT2D eigenvalue weighted by Gasteiger charge is 2.41. The number of alkyl halides is 2. The summed E-state index contributed by atoms with van der Waals surface area (Å²) in [6.45, 7) is 3.18. The summed E-state index contributed by atoms with van der Waals surface area (Å²) < 4.78 is 45.7. The van der Waals surface area contributed by atoms with Crippen molar-refractivity contribution < 1.29 is 23.0 Å². The highest BCUT2D eigenvalue weighted by Crippen LogP contribution is 2.39. The first kappa shape index (κ1) is 19.6. The minimum Gasteiger partial charge on any atom is -0.429 e. The van der Waals surface area contributed by atoms with Gasteiger partial charge in [-0.2, -0.15) is 8.78 Å². The molecule has 2 aliphatic rings. The van der Waals surface area contributed by atoms with Crippen LogP contribution in [0.5, 0.6) is 5.75 Å². The van der Waals surface area contributed by atoms with Gasteiger partial charge in [-0.25, -0.2) is 4.39 Å². The van der Waals surface area contributed by atoms with Gasteiger partial charge in [0.05, 0.1) is 10.7 Å². The van der Waals surface area contributed by atoms with Gasteiger partial charge in [-0.3, -0.25) is 0 Å². The van der Waals surface area contributed by atoms with E-state index in [1.165, 1.54) is 6.07 Å². The van der Waals surface area contributed by atoms with Crippen LogP contribution < -0.4 is 15.0 Å². The van der Waals surface area contributed by atoms with Gasteiger partial charge in [0, 0.05) is 30.2 Å². The molecule has 1 aliphatic carbocycles. The van der Waals surface area contributed by atoms with E-state index in [1.54, 1.807) is 0 Å². The van der Waals surface area contributed by atoms with Crippen molar-refractivity contribution in [3.8, 4) is 5.75 Å². The Hall–Kier alpha value is -1.18. The zero-order chi connectivity index (χ0) is 19.1. The first-order valence-electron chi connectivity index (χ1n) is 8.83. The Labute approximate surface area is 156 Å². The van der Waals surface area contributed by atoms with Crippen LogP contribution in [0.2, 0.25) is 5.02 Å². The van der Waals surface area contributed by atoms with Crippen LogP contribution in [0.3, 0.4) is 0 Å². The highest BCUT2D eigenvalue weighted by atomic mass is 35.5. The second-order valence-corrected chi connectivity index (χ2v) is 8.15. The number of hydrogen-bond donors (Lipinski definition) is 2. The molecule has 4 nitrogen and oxygen atoms in total. The van der Waals surface area contributed by atoms with Crippen molar-refractivity contribution in [1.82, 2.24) is 5.32 Å². The fraction of sp³-hybridized carbons (Fsp3) is 0.667. The van der Waals surface area contributed by atoms with Gasteiger partial charge in [0.15, 0.2) is 0 Å². The summed E-state index contributed by atoms with van der Waals surface area (Å²) in [6, 6.07) is 2.59. The molecule has 1 saturated carbocycles. The molecule has 3 rings (SSSR count). The van der Waals surface area contributed by atoms with Gasteiger partial charge >= 0.3 is 6.11 Å². The molecule has 0 amide bonds. The number of aliphatic hydroxyl groups excluding tert-OH is 1. The van der Waals surface area contributed by atoms with Crippen molar-refractivity contribution >= 4 is 17.3 Å². The molecule has 1 aromatic carbocycles. The number of piperazine rings is 1. The predicted molar refractivity (Wildman–Crippen MR) is 94.7 cm³/mol. The molecule has 2 atom stereocenters. The maximum Gasteiger partial charge on any atom is 0.421 e. The van der Waals surface area contributed by atoms with E-state index in [1.807, 2.05) is 4.90 Å². The summed E-state index contributed by atoms with van der Waals surface area (Å²) in [6.07, 6.45) is 0.335. The molecule has 1 saturated heterocycles. The number of rotatable bonds is 4. The fourth-order valence-electron chi connectivity index (χ4n) is 4.02. The number of anilines is 1. The van der Waals surface area contributed by atoms with E-state index in [-0.39, 0.29) is 22.6 Å². The van der Waals surface area contributed by atoms with E-state index < -0.39 is 24.3 Å². The minimum atomic E-state index is -3.82. The molecule has 0 spiro atoms. The molecule has 146 valence electrons. The Kier molecular flexibility index (Phi) is 5.34. The summed E-state index contributed by atoms with van der Waals surface area (Å²) in [5, 5.41) is 12.2. The lowest BCUT2D eigenvalue weighted by Gasteiger charge is -2.52. The lowest BCUT2D eigenvalue weighted by Crippen LogP contribution is -2.67. The number of hydrogen-bond acceptors (Lipinski definition) is 4. The molecule has 0 radical (unpaired) electrons. The smallest absolute Gasteiger partial charge is 0.421 e. The van der Waals surface area contributed by atoms with Crippen molar-refractivity contribution in [2.24, 2.45) is 0 Å². The van der Waals surface area contributed by atoms with E-state index in [0.717, 1.165) is 31.7 Å². The van der Waals surface area contributed by atoms with Gasteiger partial charge in [-0.05, 0) is 32.8 Å². The first-order chi connectivity index (χ1) is 12.1. The van der Waals surface area contributed by atoms with Crippen LogP contribution in [0, 0.1) is 5.82 Å². The standard InChI is InChI=1S/C18H24ClF3N2O2/c1-17(2)9-24(14-6-4-3-5-13(14)23-17)15-7-11(19)16(8-12(15)20)26-18(21,22)10-25/h7-8,13-14,23,25H,3-6,9-10H2,1-2H3/t13-,14-/m1/s1. The number of nitrogens with one attached hydrogen (secondary N) is 1. The Bertz CT molecular complexity index is 672. The molecular formula is C18H24ClF3N2O2. The van der Waals surface area contributed by atoms with E-state index in [9.17, 15) is 13.2 Å². The summed E-state index contributed by atoms with van der Waals surface area (Å²) in [4.78, 5) is 2.00. The number of nitrogens with zero attached hydrogens (tertiary/aromatic N) is 1. The van der Waals surface area contributed by atoms with Crippen LogP contribution >= 0.6 is 11.6 Å². The van der Waals surface area contributed by atoms with Crippen LogP contribution in [0.15, 0.2) is 12.1 Å². The first-order valence-corrected chi connectivity index (χ1v) is 9.21. The lowest BCUT2D eigenvalue weighted by molar-refractivity contribution is -0.200. The number of halogens is 4. The molecular weight excluding hydrogens is 369 g/mol. The minimum absolute atomic E-state index is 0.113. The Morgan fingerprint density at radius 3 is 2.73 bits per heavy atom. The average Bonchev–Trinajstić information content (AvgIpc) is 2.56. The molecule has 26 heavy (non-hydrogen) atoms. The third-order valence-electron chi connectivity index (χ3n) is 5.03. The Morgan fingerprint density at radius 1 is 1.35 bits per heavy atom. The second-order valence-electron chi connectivity index (χ2n) is 7.75. The van der Waals surface area contributed by atoms with E-state index in [2.05, 4.69) is 23.9 Å². The Morgan fingerprint density at radius 2 is 2.04 bits per heavy atom. The van der Waals surface area contributed by atoms with Crippen molar-refractivity contribution in [3.63, 3.8) is 0 Å². The lowest BCUT2D eigenvalue weighted by atomic mass is 9.83. The van der Waals surface area contributed by atoms with Crippen LogP contribution in [-0.4, -0.2) is 42.0 Å². The number of aliphatic hydroxyl groups is 1.